The van der Waals surface area contributed by atoms with Gasteiger partial charge in [-0.25, -0.2) is 0 Å². The molecule has 0 aromatic heterocycles. The van der Waals surface area contributed by atoms with Crippen molar-refractivity contribution in [3.63, 3.8) is 0 Å². The van der Waals surface area contributed by atoms with Gasteiger partial charge in [-0.3, -0.25) is 4.79 Å². The molecule has 4 aliphatic rings. The fraction of sp³-hybridized carbons (Fsp3) is 0.786. The highest BCUT2D eigenvalue weighted by molar-refractivity contribution is 5.79. The van der Waals surface area contributed by atoms with Crippen LogP contribution in [0.15, 0.2) is 12.2 Å². The summed E-state index contributed by atoms with van der Waals surface area (Å²) in [5.74, 6) is -0.155. The van der Waals surface area contributed by atoms with Crippen molar-refractivity contribution in [3.8, 4) is 0 Å². The van der Waals surface area contributed by atoms with E-state index in [4.69, 9.17) is 14.2 Å². The molecule has 0 bridgehead atoms. The zero-order chi connectivity index (χ0) is 13.2. The lowest BCUT2D eigenvalue weighted by Crippen LogP contribution is -2.44. The van der Waals surface area contributed by atoms with Gasteiger partial charge in [0.05, 0.1) is 6.10 Å². The van der Waals surface area contributed by atoms with E-state index in [2.05, 4.69) is 6.08 Å². The molecule has 104 valence electrons. The lowest BCUT2D eigenvalue weighted by atomic mass is 9.89. The van der Waals surface area contributed by atoms with Crippen LogP contribution < -0.4 is 0 Å². The van der Waals surface area contributed by atoms with Crippen molar-refractivity contribution in [3.05, 3.63) is 12.2 Å². The molecular formula is C14H19NO4. The SMILES string of the molecule is CC1(C)O[C@H]2O[C@@H]3C=CCN4C(=O)CC[C@H]4C3[C@H]2O1. The smallest absolute Gasteiger partial charge is 0.223 e. The molecule has 5 heteroatoms. The number of fused-ring (bicyclic) bond motifs is 5. The molecule has 4 rings (SSSR count). The van der Waals surface area contributed by atoms with Crippen LogP contribution in [0, 0.1) is 5.92 Å². The summed E-state index contributed by atoms with van der Waals surface area (Å²) >= 11 is 0. The Bertz CT molecular complexity index is 447. The average molecular weight is 265 g/mol. The van der Waals surface area contributed by atoms with Gasteiger partial charge in [0, 0.05) is 24.9 Å². The first-order valence-corrected chi connectivity index (χ1v) is 7.02. The lowest BCUT2D eigenvalue weighted by molar-refractivity contribution is -0.206. The summed E-state index contributed by atoms with van der Waals surface area (Å²) in [7, 11) is 0. The maximum atomic E-state index is 11.9. The predicted molar refractivity (Wildman–Crippen MR) is 66.1 cm³/mol. The highest BCUT2D eigenvalue weighted by atomic mass is 16.8. The number of amides is 1. The van der Waals surface area contributed by atoms with Crippen molar-refractivity contribution in [2.45, 2.75) is 57.0 Å². The van der Waals surface area contributed by atoms with E-state index in [0.717, 1.165) is 6.42 Å². The van der Waals surface area contributed by atoms with Gasteiger partial charge in [0.25, 0.3) is 0 Å². The quantitative estimate of drug-likeness (QED) is 0.614. The first-order valence-electron chi connectivity index (χ1n) is 7.02. The number of ether oxygens (including phenoxy) is 3. The van der Waals surface area contributed by atoms with Crippen molar-refractivity contribution in [1.29, 1.82) is 0 Å². The third kappa shape index (κ3) is 1.68. The van der Waals surface area contributed by atoms with Gasteiger partial charge in [0.1, 0.15) is 6.10 Å². The van der Waals surface area contributed by atoms with Crippen LogP contribution in [0.3, 0.4) is 0 Å². The Morgan fingerprint density at radius 1 is 1.37 bits per heavy atom. The molecule has 1 amide bonds. The van der Waals surface area contributed by atoms with E-state index in [1.807, 2.05) is 24.8 Å². The van der Waals surface area contributed by atoms with Gasteiger partial charge < -0.3 is 19.1 Å². The molecule has 4 heterocycles. The Morgan fingerprint density at radius 2 is 2.21 bits per heavy atom. The summed E-state index contributed by atoms with van der Waals surface area (Å²) in [6.45, 7) is 4.52. The topological polar surface area (TPSA) is 48.0 Å². The van der Waals surface area contributed by atoms with Gasteiger partial charge in [-0.1, -0.05) is 12.2 Å². The van der Waals surface area contributed by atoms with Gasteiger partial charge in [-0.15, -0.1) is 0 Å². The summed E-state index contributed by atoms with van der Waals surface area (Å²) in [5, 5.41) is 0. The molecule has 0 aromatic rings. The second-order valence-electron chi connectivity index (χ2n) is 6.23. The molecule has 0 aromatic carbocycles. The van der Waals surface area contributed by atoms with Crippen LogP contribution in [-0.2, 0) is 19.0 Å². The van der Waals surface area contributed by atoms with Crippen molar-refractivity contribution >= 4 is 5.91 Å². The second kappa shape index (κ2) is 3.81. The Hall–Kier alpha value is -0.910. The number of nitrogens with zero attached hydrogens (tertiary/aromatic N) is 1. The van der Waals surface area contributed by atoms with E-state index in [9.17, 15) is 4.79 Å². The number of carbonyl (C=O) groups is 1. The standard InChI is InChI=1S/C14H19NO4/c1-14(2)18-12-11-8-5-6-10(16)15(8)7-3-4-9(11)17-13(12)19-14/h3-4,8-9,11-13H,5-7H2,1-2H3/t8-,9+,11?,12+,13+/m0/s1. The zero-order valence-corrected chi connectivity index (χ0v) is 11.2. The van der Waals surface area contributed by atoms with Crippen molar-refractivity contribution < 1.29 is 19.0 Å². The van der Waals surface area contributed by atoms with Gasteiger partial charge in [0.2, 0.25) is 5.91 Å². The van der Waals surface area contributed by atoms with Crippen LogP contribution in [0.5, 0.6) is 0 Å². The molecule has 19 heavy (non-hydrogen) atoms. The van der Waals surface area contributed by atoms with Crippen LogP contribution in [0.1, 0.15) is 26.7 Å². The summed E-state index contributed by atoms with van der Waals surface area (Å²) < 4.78 is 17.8. The average Bonchev–Trinajstić information content (AvgIpc) is 2.87. The molecule has 3 fully saturated rings. The van der Waals surface area contributed by atoms with E-state index >= 15 is 0 Å². The van der Waals surface area contributed by atoms with Gasteiger partial charge in [0.15, 0.2) is 12.1 Å². The third-order valence-corrected chi connectivity index (χ3v) is 4.58. The van der Waals surface area contributed by atoms with Crippen LogP contribution in [0.4, 0.5) is 0 Å². The monoisotopic (exact) mass is 265 g/mol. The first kappa shape index (κ1) is 11.9. The maximum absolute atomic E-state index is 11.9. The molecule has 0 spiro atoms. The van der Waals surface area contributed by atoms with Crippen LogP contribution in [-0.4, -0.2) is 47.7 Å². The third-order valence-electron chi connectivity index (χ3n) is 4.58. The summed E-state index contributed by atoms with van der Waals surface area (Å²) in [5.41, 5.74) is 0. The largest absolute Gasteiger partial charge is 0.342 e. The maximum Gasteiger partial charge on any atom is 0.223 e. The molecule has 5 nitrogen and oxygen atoms in total. The Balaban J connectivity index is 1.67. The van der Waals surface area contributed by atoms with Crippen LogP contribution in [0.25, 0.3) is 0 Å². The minimum absolute atomic E-state index is 0.00648. The molecule has 0 radical (unpaired) electrons. The minimum Gasteiger partial charge on any atom is -0.342 e. The van der Waals surface area contributed by atoms with Gasteiger partial charge >= 0.3 is 0 Å². The highest BCUT2D eigenvalue weighted by Crippen LogP contribution is 2.46. The normalized spacial score (nSPS) is 46.9. The van der Waals surface area contributed by atoms with Crippen molar-refractivity contribution in [2.24, 2.45) is 5.92 Å². The van der Waals surface area contributed by atoms with Crippen LogP contribution in [0.2, 0.25) is 0 Å². The lowest BCUT2D eigenvalue weighted by Gasteiger charge is -2.31. The number of hydrogen-bond acceptors (Lipinski definition) is 4. The van der Waals surface area contributed by atoms with E-state index in [1.54, 1.807) is 0 Å². The zero-order valence-electron chi connectivity index (χ0n) is 11.2. The molecule has 0 saturated carbocycles. The molecule has 5 atom stereocenters. The fourth-order valence-corrected chi connectivity index (χ4v) is 3.87. The summed E-state index contributed by atoms with van der Waals surface area (Å²) in [6.07, 6.45) is 5.28. The number of hydrogen-bond donors (Lipinski definition) is 0. The molecule has 3 saturated heterocycles. The molecule has 1 unspecified atom stereocenters. The fourth-order valence-electron chi connectivity index (χ4n) is 3.87. The molecule has 4 aliphatic heterocycles. The van der Waals surface area contributed by atoms with Gasteiger partial charge in [-0.05, 0) is 20.3 Å². The molecule has 0 aliphatic carbocycles. The molecule has 0 N–H and O–H groups in total. The van der Waals surface area contributed by atoms with E-state index in [0.29, 0.717) is 13.0 Å². The van der Waals surface area contributed by atoms with Crippen LogP contribution >= 0.6 is 0 Å². The number of carbonyl (C=O) groups excluding carboxylic acids is 1. The minimum atomic E-state index is -0.593. The number of rotatable bonds is 0. The Morgan fingerprint density at radius 3 is 3.05 bits per heavy atom. The molecular weight excluding hydrogens is 246 g/mol. The Kier molecular flexibility index (Phi) is 2.38. The highest BCUT2D eigenvalue weighted by Gasteiger charge is 2.58. The predicted octanol–water partition coefficient (Wildman–Crippen LogP) is 1.04. The Labute approximate surface area is 112 Å². The van der Waals surface area contributed by atoms with E-state index < -0.39 is 5.79 Å². The van der Waals surface area contributed by atoms with Crippen molar-refractivity contribution in [2.75, 3.05) is 6.54 Å². The van der Waals surface area contributed by atoms with E-state index in [1.165, 1.54) is 0 Å². The summed E-state index contributed by atoms with van der Waals surface area (Å²) in [4.78, 5) is 13.9. The first-order chi connectivity index (χ1) is 9.05. The van der Waals surface area contributed by atoms with Crippen molar-refractivity contribution in [1.82, 2.24) is 4.90 Å². The van der Waals surface area contributed by atoms with E-state index in [-0.39, 0.29) is 36.4 Å². The van der Waals surface area contributed by atoms with Gasteiger partial charge in [-0.2, -0.15) is 0 Å². The second-order valence-corrected chi connectivity index (χ2v) is 6.23. The summed E-state index contributed by atoms with van der Waals surface area (Å²) in [6, 6.07) is 0.222.